The van der Waals surface area contributed by atoms with Gasteiger partial charge in [0, 0.05) is 11.3 Å². The number of terminal acetylenes is 1. The van der Waals surface area contributed by atoms with Crippen LogP contribution in [0.4, 0.5) is 5.69 Å². The van der Waals surface area contributed by atoms with E-state index in [2.05, 4.69) is 16.6 Å². The van der Waals surface area contributed by atoms with Crippen LogP contribution in [0.1, 0.15) is 16.8 Å². The minimum Gasteiger partial charge on any atom is -0.480 e. The average Bonchev–Trinajstić information content (AvgIpc) is 2.37. The summed E-state index contributed by atoms with van der Waals surface area (Å²) in [7, 11) is 0. The predicted octanol–water partition coefficient (Wildman–Crippen LogP) is 0.463. The van der Waals surface area contributed by atoms with Gasteiger partial charge in [0.2, 0.25) is 5.91 Å². The van der Waals surface area contributed by atoms with Crippen molar-refractivity contribution in [1.82, 2.24) is 5.32 Å². The quantitative estimate of drug-likeness (QED) is 0.670. The number of carboxylic acid groups (broad SMARTS) is 1. The molecule has 0 aliphatic rings. The van der Waals surface area contributed by atoms with E-state index in [0.717, 1.165) is 0 Å². The number of aliphatic carboxylic acids is 1. The summed E-state index contributed by atoms with van der Waals surface area (Å²) in [6.45, 7) is -0.445. The maximum absolute atomic E-state index is 11.5. The molecule has 0 spiro atoms. The molecule has 0 aliphatic heterocycles. The van der Waals surface area contributed by atoms with Crippen molar-refractivity contribution < 1.29 is 19.5 Å². The molecule has 3 N–H and O–H groups in total. The number of anilines is 1. The van der Waals surface area contributed by atoms with Gasteiger partial charge in [-0.3, -0.25) is 14.4 Å². The Labute approximate surface area is 109 Å². The number of benzene rings is 1. The first-order valence-corrected chi connectivity index (χ1v) is 5.36. The fourth-order valence-electron chi connectivity index (χ4n) is 1.26. The average molecular weight is 260 g/mol. The Hall–Kier alpha value is -2.81. The molecule has 19 heavy (non-hydrogen) atoms. The highest BCUT2D eigenvalue weighted by Crippen LogP contribution is 2.09. The van der Waals surface area contributed by atoms with Gasteiger partial charge in [0.05, 0.1) is 6.42 Å². The van der Waals surface area contributed by atoms with Gasteiger partial charge in [-0.1, -0.05) is 5.92 Å². The van der Waals surface area contributed by atoms with Crippen LogP contribution in [0.5, 0.6) is 0 Å². The smallest absolute Gasteiger partial charge is 0.322 e. The first-order valence-electron chi connectivity index (χ1n) is 5.36. The fourth-order valence-corrected chi connectivity index (χ4v) is 1.26. The number of hydrogen-bond donors (Lipinski definition) is 3. The van der Waals surface area contributed by atoms with Gasteiger partial charge < -0.3 is 15.7 Å². The Morgan fingerprint density at radius 1 is 1.21 bits per heavy atom. The molecule has 0 heterocycles. The lowest BCUT2D eigenvalue weighted by molar-refractivity contribution is -0.135. The van der Waals surface area contributed by atoms with Gasteiger partial charge in [-0.05, 0) is 24.3 Å². The van der Waals surface area contributed by atoms with Crippen molar-refractivity contribution in [3.05, 3.63) is 29.8 Å². The molecule has 6 heteroatoms. The summed E-state index contributed by atoms with van der Waals surface area (Å²) in [4.78, 5) is 33.0. The second kappa shape index (κ2) is 6.81. The van der Waals surface area contributed by atoms with E-state index in [4.69, 9.17) is 11.5 Å². The van der Waals surface area contributed by atoms with E-state index < -0.39 is 18.4 Å². The standard InChI is InChI=1S/C13H12N2O4/c1-2-3-11(16)15-10-6-4-9(5-7-10)13(19)14-8-12(17)18/h1,4-7H,3,8H2,(H,14,19)(H,15,16)(H,17,18). The van der Waals surface area contributed by atoms with Crippen LogP contribution in [0, 0.1) is 12.3 Å². The Bertz CT molecular complexity index is 529. The minimum absolute atomic E-state index is 0.0269. The normalized spacial score (nSPS) is 9.21. The van der Waals surface area contributed by atoms with E-state index in [1.54, 1.807) is 0 Å². The number of amides is 2. The second-order valence-corrected chi connectivity index (χ2v) is 3.58. The molecular weight excluding hydrogens is 248 g/mol. The van der Waals surface area contributed by atoms with E-state index in [1.807, 2.05) is 0 Å². The maximum atomic E-state index is 11.5. The molecule has 0 aromatic heterocycles. The summed E-state index contributed by atoms with van der Waals surface area (Å²) in [6, 6.07) is 6.01. The number of carboxylic acids is 1. The molecule has 2 amide bonds. The van der Waals surface area contributed by atoms with Crippen LogP contribution in [0.15, 0.2) is 24.3 Å². The zero-order valence-corrected chi connectivity index (χ0v) is 9.97. The largest absolute Gasteiger partial charge is 0.480 e. The van der Waals surface area contributed by atoms with Crippen molar-refractivity contribution in [2.24, 2.45) is 0 Å². The third-order valence-corrected chi connectivity index (χ3v) is 2.09. The Kier molecular flexibility index (Phi) is 5.11. The summed E-state index contributed by atoms with van der Waals surface area (Å²) in [6.07, 6.45) is 4.97. The van der Waals surface area contributed by atoms with E-state index in [0.29, 0.717) is 11.3 Å². The summed E-state index contributed by atoms with van der Waals surface area (Å²) < 4.78 is 0. The second-order valence-electron chi connectivity index (χ2n) is 3.58. The number of rotatable bonds is 5. The molecule has 6 nitrogen and oxygen atoms in total. The van der Waals surface area contributed by atoms with Crippen LogP contribution in [0.3, 0.4) is 0 Å². The number of carbonyl (C=O) groups excluding carboxylic acids is 2. The SMILES string of the molecule is C#CCC(=O)Nc1ccc(C(=O)NCC(=O)O)cc1. The van der Waals surface area contributed by atoms with Gasteiger partial charge in [0.1, 0.15) is 6.54 Å². The first-order chi connectivity index (χ1) is 9.02. The van der Waals surface area contributed by atoms with Crippen molar-refractivity contribution in [3.63, 3.8) is 0 Å². The van der Waals surface area contributed by atoms with E-state index in [9.17, 15) is 14.4 Å². The van der Waals surface area contributed by atoms with Gasteiger partial charge in [0.25, 0.3) is 5.91 Å². The molecule has 0 atom stereocenters. The fraction of sp³-hybridized carbons (Fsp3) is 0.154. The van der Waals surface area contributed by atoms with Crippen LogP contribution in [-0.4, -0.2) is 29.4 Å². The van der Waals surface area contributed by atoms with Gasteiger partial charge in [-0.25, -0.2) is 0 Å². The summed E-state index contributed by atoms with van der Waals surface area (Å²) in [5.74, 6) is 0.283. The monoisotopic (exact) mass is 260 g/mol. The predicted molar refractivity (Wildman–Crippen MR) is 68.5 cm³/mol. The molecule has 0 fully saturated rings. The third-order valence-electron chi connectivity index (χ3n) is 2.09. The van der Waals surface area contributed by atoms with E-state index in [1.165, 1.54) is 24.3 Å². The van der Waals surface area contributed by atoms with Crippen molar-refractivity contribution in [1.29, 1.82) is 0 Å². The number of hydrogen-bond acceptors (Lipinski definition) is 3. The van der Waals surface area contributed by atoms with Crippen molar-refractivity contribution in [3.8, 4) is 12.3 Å². The van der Waals surface area contributed by atoms with Gasteiger partial charge in [0.15, 0.2) is 0 Å². The molecule has 1 aromatic rings. The number of nitrogens with one attached hydrogen (secondary N) is 2. The van der Waals surface area contributed by atoms with E-state index in [-0.39, 0.29) is 12.3 Å². The molecular formula is C13H12N2O4. The lowest BCUT2D eigenvalue weighted by Gasteiger charge is -2.05. The highest BCUT2D eigenvalue weighted by molar-refractivity contribution is 5.97. The Balaban J connectivity index is 2.61. The molecule has 0 saturated carbocycles. The summed E-state index contributed by atoms with van der Waals surface area (Å²) in [5.41, 5.74) is 0.811. The Morgan fingerprint density at radius 2 is 1.84 bits per heavy atom. The molecule has 0 unspecified atom stereocenters. The van der Waals surface area contributed by atoms with Gasteiger partial charge >= 0.3 is 5.97 Å². The van der Waals surface area contributed by atoms with Crippen molar-refractivity contribution >= 4 is 23.5 Å². The summed E-state index contributed by atoms with van der Waals surface area (Å²) >= 11 is 0. The molecule has 98 valence electrons. The zero-order valence-electron chi connectivity index (χ0n) is 9.97. The van der Waals surface area contributed by atoms with Crippen molar-refractivity contribution in [2.45, 2.75) is 6.42 Å². The maximum Gasteiger partial charge on any atom is 0.322 e. The van der Waals surface area contributed by atoms with Crippen molar-refractivity contribution in [2.75, 3.05) is 11.9 Å². The highest BCUT2D eigenvalue weighted by atomic mass is 16.4. The lowest BCUT2D eigenvalue weighted by Crippen LogP contribution is -2.29. The highest BCUT2D eigenvalue weighted by Gasteiger charge is 2.07. The lowest BCUT2D eigenvalue weighted by atomic mass is 10.2. The van der Waals surface area contributed by atoms with Gasteiger partial charge in [-0.15, -0.1) is 6.42 Å². The van der Waals surface area contributed by atoms with Crippen LogP contribution < -0.4 is 10.6 Å². The van der Waals surface area contributed by atoms with E-state index >= 15 is 0 Å². The molecule has 1 rings (SSSR count). The number of carbonyl (C=O) groups is 3. The molecule has 1 aromatic carbocycles. The van der Waals surface area contributed by atoms with Crippen LogP contribution in [0.2, 0.25) is 0 Å². The van der Waals surface area contributed by atoms with Crippen LogP contribution in [-0.2, 0) is 9.59 Å². The van der Waals surface area contributed by atoms with Crippen LogP contribution >= 0.6 is 0 Å². The molecule has 0 saturated heterocycles. The van der Waals surface area contributed by atoms with Gasteiger partial charge in [-0.2, -0.15) is 0 Å². The molecule has 0 bridgehead atoms. The zero-order chi connectivity index (χ0) is 14.3. The topological polar surface area (TPSA) is 95.5 Å². The minimum atomic E-state index is -1.12. The Morgan fingerprint density at radius 3 is 2.37 bits per heavy atom. The molecule has 0 aliphatic carbocycles. The third kappa shape index (κ3) is 4.91. The molecule has 0 radical (unpaired) electrons. The van der Waals surface area contributed by atoms with Crippen LogP contribution in [0.25, 0.3) is 0 Å². The first kappa shape index (κ1) is 14.3. The summed E-state index contributed by atoms with van der Waals surface area (Å²) in [5, 5.41) is 13.2.